The number of carbonyl (C=O) groups is 1. The zero-order valence-corrected chi connectivity index (χ0v) is 22.7. The fourth-order valence-electron chi connectivity index (χ4n) is 5.69. The molecular weight excluding hydrogens is 480 g/mol. The van der Waals surface area contributed by atoms with E-state index in [1.807, 2.05) is 19.1 Å². The number of piperazine rings is 1. The van der Waals surface area contributed by atoms with Gasteiger partial charge in [-0.25, -0.2) is 0 Å². The van der Waals surface area contributed by atoms with E-state index in [2.05, 4.69) is 41.8 Å². The molecule has 9 heteroatoms. The Bertz CT molecular complexity index is 1250. The molecule has 0 radical (unpaired) electrons. The molecule has 3 aliphatic heterocycles. The maximum absolute atomic E-state index is 12.4. The number of nitrogens with zero attached hydrogens (tertiary/aromatic N) is 6. The minimum absolute atomic E-state index is 0.0272. The lowest BCUT2D eigenvalue weighted by atomic mass is 10.1. The lowest BCUT2D eigenvalue weighted by Crippen LogP contribution is -2.52. The first kappa shape index (κ1) is 26.2. The van der Waals surface area contributed by atoms with Crippen molar-refractivity contribution in [1.82, 2.24) is 24.7 Å². The number of aromatic nitrogens is 2. The van der Waals surface area contributed by atoms with Crippen molar-refractivity contribution in [1.29, 1.82) is 0 Å². The van der Waals surface area contributed by atoms with E-state index in [1.54, 1.807) is 11.0 Å². The summed E-state index contributed by atoms with van der Waals surface area (Å²) in [5.41, 5.74) is 5.04. The summed E-state index contributed by atoms with van der Waals surface area (Å²) in [6.07, 6.45) is 3.64. The molecule has 0 bridgehead atoms. The second-order valence-corrected chi connectivity index (χ2v) is 10.8. The predicted octanol–water partition coefficient (Wildman–Crippen LogP) is 3.22. The Labute approximate surface area is 225 Å². The summed E-state index contributed by atoms with van der Waals surface area (Å²) in [5, 5.41) is 10.0. The summed E-state index contributed by atoms with van der Waals surface area (Å²) in [7, 11) is 2.13. The van der Waals surface area contributed by atoms with Crippen LogP contribution in [0.5, 0.6) is 11.8 Å². The first-order chi connectivity index (χ1) is 18.2. The van der Waals surface area contributed by atoms with Gasteiger partial charge in [0.1, 0.15) is 18.2 Å². The summed E-state index contributed by atoms with van der Waals surface area (Å²) >= 11 is 0. The van der Waals surface area contributed by atoms with E-state index in [4.69, 9.17) is 14.7 Å². The van der Waals surface area contributed by atoms with Crippen molar-refractivity contribution in [2.24, 2.45) is 0 Å². The van der Waals surface area contributed by atoms with E-state index in [0.717, 1.165) is 46.9 Å². The smallest absolute Gasteiger partial charge is 0.318 e. The average molecular weight is 519 g/mol. The number of rotatable bonds is 7. The van der Waals surface area contributed by atoms with Crippen LogP contribution in [0, 0.1) is 6.92 Å². The minimum Gasteiger partial charge on any atom is -0.508 e. The molecule has 2 saturated heterocycles. The summed E-state index contributed by atoms with van der Waals surface area (Å²) in [6.45, 7) is 16.7. The Hall–Kier alpha value is -3.43. The molecule has 2 atom stereocenters. The van der Waals surface area contributed by atoms with Crippen LogP contribution in [0.1, 0.15) is 42.1 Å². The number of benzene rings is 1. The number of carbonyl (C=O) groups excluding carboxylic acids is 1. The zero-order valence-electron chi connectivity index (χ0n) is 22.7. The van der Waals surface area contributed by atoms with E-state index in [1.165, 1.54) is 12.5 Å². The van der Waals surface area contributed by atoms with Crippen LogP contribution < -0.4 is 9.64 Å². The molecule has 1 aromatic carbocycles. The molecular formula is C29H38N6O3. The molecule has 0 aliphatic carbocycles. The molecule has 1 N–H and O–H groups in total. The maximum Gasteiger partial charge on any atom is 0.318 e. The highest BCUT2D eigenvalue weighted by Crippen LogP contribution is 2.35. The van der Waals surface area contributed by atoms with Gasteiger partial charge < -0.3 is 24.5 Å². The third kappa shape index (κ3) is 5.26. The molecule has 38 heavy (non-hydrogen) atoms. The maximum atomic E-state index is 12.4. The zero-order chi connectivity index (χ0) is 27.0. The number of ether oxygens (including phenoxy) is 1. The lowest BCUT2D eigenvalue weighted by molar-refractivity contribution is -0.127. The number of aromatic hydroxyl groups is 1. The number of fused-ring (bicyclic) bond motifs is 1. The van der Waals surface area contributed by atoms with Gasteiger partial charge in [-0.2, -0.15) is 9.97 Å². The number of hydrogen-bond donors (Lipinski definition) is 1. The number of phenols is 1. The first-order valence-electron chi connectivity index (χ1n) is 13.4. The number of hydrogen-bond acceptors (Lipinski definition) is 8. The minimum atomic E-state index is -0.0939. The van der Waals surface area contributed by atoms with Crippen LogP contribution in [0.15, 0.2) is 43.1 Å². The molecule has 0 unspecified atom stereocenters. The van der Waals surface area contributed by atoms with Crippen LogP contribution in [0.3, 0.4) is 0 Å². The largest absolute Gasteiger partial charge is 0.508 e. The molecule has 5 rings (SSSR count). The monoisotopic (exact) mass is 518 g/mol. The Morgan fingerprint density at radius 1 is 1.26 bits per heavy atom. The van der Waals surface area contributed by atoms with Crippen LogP contribution >= 0.6 is 0 Å². The highest BCUT2D eigenvalue weighted by atomic mass is 16.5. The van der Waals surface area contributed by atoms with E-state index in [-0.39, 0.29) is 17.7 Å². The second kappa shape index (κ2) is 10.7. The van der Waals surface area contributed by atoms with Gasteiger partial charge in [0.15, 0.2) is 0 Å². The van der Waals surface area contributed by atoms with Gasteiger partial charge in [0.05, 0.1) is 12.2 Å². The number of aryl methyl sites for hydroxylation is 1. The third-order valence-corrected chi connectivity index (χ3v) is 8.04. The van der Waals surface area contributed by atoms with Gasteiger partial charge in [0, 0.05) is 49.5 Å². The van der Waals surface area contributed by atoms with Crippen molar-refractivity contribution < 1.29 is 14.6 Å². The second-order valence-electron chi connectivity index (χ2n) is 10.8. The van der Waals surface area contributed by atoms with E-state index in [0.29, 0.717) is 51.4 Å². The summed E-state index contributed by atoms with van der Waals surface area (Å²) in [6, 6.07) is 6.22. The van der Waals surface area contributed by atoms with E-state index >= 15 is 0 Å². The third-order valence-electron chi connectivity index (χ3n) is 8.04. The molecule has 1 amide bonds. The van der Waals surface area contributed by atoms with Crippen molar-refractivity contribution in [2.75, 3.05) is 38.2 Å². The number of anilines is 1. The van der Waals surface area contributed by atoms with E-state index in [9.17, 15) is 9.90 Å². The quantitative estimate of drug-likeness (QED) is 0.560. The number of phenolic OH excluding ortho intramolecular Hbond substituents is 1. The Kier molecular flexibility index (Phi) is 7.40. The number of likely N-dealkylation sites (N-methyl/N-ethyl adjacent to an activating group) is 1. The summed E-state index contributed by atoms with van der Waals surface area (Å²) in [5.74, 6) is 0.985. The Balaban J connectivity index is 1.43. The average Bonchev–Trinajstić information content (AvgIpc) is 3.50. The van der Waals surface area contributed by atoms with Crippen LogP contribution in [0.4, 0.5) is 5.82 Å². The predicted molar refractivity (Wildman–Crippen MR) is 147 cm³/mol. The molecule has 9 nitrogen and oxygen atoms in total. The molecule has 4 heterocycles. The van der Waals surface area contributed by atoms with Crippen LogP contribution in [-0.2, 0) is 24.4 Å². The fourth-order valence-corrected chi connectivity index (χ4v) is 5.69. The van der Waals surface area contributed by atoms with Gasteiger partial charge in [0.25, 0.3) is 0 Å². The van der Waals surface area contributed by atoms with Gasteiger partial charge >= 0.3 is 6.01 Å². The SMILES string of the molecule is C=CC(=O)N1CC(=C)N(c2nc(OC[C@@H]3CCCN3C)nc3c2CN(Cc2cc(O)ccc2C)C3)C[C@H]1C. The normalized spacial score (nSPS) is 22.1. The van der Waals surface area contributed by atoms with Gasteiger partial charge in [-0.1, -0.05) is 19.2 Å². The van der Waals surface area contributed by atoms with Gasteiger partial charge in [-0.15, -0.1) is 0 Å². The molecule has 2 aromatic rings. The van der Waals surface area contributed by atoms with Gasteiger partial charge in [0.2, 0.25) is 5.91 Å². The Morgan fingerprint density at radius 3 is 2.82 bits per heavy atom. The molecule has 202 valence electrons. The van der Waals surface area contributed by atoms with Crippen molar-refractivity contribution in [3.8, 4) is 11.8 Å². The Morgan fingerprint density at radius 2 is 2.08 bits per heavy atom. The van der Waals surface area contributed by atoms with Crippen molar-refractivity contribution in [3.63, 3.8) is 0 Å². The number of likely N-dealkylation sites (tertiary alicyclic amines) is 1. The van der Waals surface area contributed by atoms with Crippen LogP contribution in [0.25, 0.3) is 0 Å². The summed E-state index contributed by atoms with van der Waals surface area (Å²) in [4.78, 5) is 30.7. The van der Waals surface area contributed by atoms with Crippen molar-refractivity contribution in [2.45, 2.75) is 58.4 Å². The molecule has 2 fully saturated rings. The molecule has 0 spiro atoms. The van der Waals surface area contributed by atoms with Crippen LogP contribution in [-0.4, -0.2) is 81.1 Å². The summed E-state index contributed by atoms with van der Waals surface area (Å²) < 4.78 is 6.19. The van der Waals surface area contributed by atoms with Gasteiger partial charge in [-0.05, 0) is 69.6 Å². The van der Waals surface area contributed by atoms with Gasteiger partial charge in [-0.3, -0.25) is 9.69 Å². The lowest BCUT2D eigenvalue weighted by Gasteiger charge is -2.41. The molecule has 3 aliphatic rings. The molecule has 1 aromatic heterocycles. The fraction of sp³-hybridized carbons (Fsp3) is 0.483. The highest BCUT2D eigenvalue weighted by Gasteiger charge is 2.34. The van der Waals surface area contributed by atoms with Crippen molar-refractivity contribution in [3.05, 3.63) is 65.5 Å². The number of amides is 1. The molecule has 0 saturated carbocycles. The highest BCUT2D eigenvalue weighted by molar-refractivity contribution is 5.87. The topological polar surface area (TPSA) is 85.3 Å². The van der Waals surface area contributed by atoms with E-state index < -0.39 is 0 Å². The first-order valence-corrected chi connectivity index (χ1v) is 13.4. The van der Waals surface area contributed by atoms with Crippen molar-refractivity contribution >= 4 is 11.7 Å². The standard InChI is InChI=1S/C29H38N6O3/c1-6-27(37)34-13-21(4)35(14-20(34)3)28-25-16-33(15-22-12-24(36)10-9-19(22)2)17-26(25)30-29(31-28)38-18-23-8-7-11-32(23)5/h6,9-10,12,20,23,36H,1,4,7-8,11,13-18H2,2-3,5H3/t20-,23+/m1/s1. The van der Waals surface area contributed by atoms with Crippen LogP contribution in [0.2, 0.25) is 0 Å².